The topological polar surface area (TPSA) is 77.3 Å². The van der Waals surface area contributed by atoms with Crippen LogP contribution in [0.4, 0.5) is 13.2 Å². The number of hydrogen-bond acceptors (Lipinski definition) is 6. The molecule has 2 aromatic heterocycles. The first kappa shape index (κ1) is 20.1. The van der Waals surface area contributed by atoms with Gasteiger partial charge < -0.3 is 4.74 Å². The van der Waals surface area contributed by atoms with Crippen LogP contribution in [-0.4, -0.2) is 36.1 Å². The Balaban J connectivity index is 2.20. The highest BCUT2D eigenvalue weighted by molar-refractivity contribution is 7.18. The third-order valence-corrected chi connectivity index (χ3v) is 6.11. The van der Waals surface area contributed by atoms with Crippen LogP contribution in [0.15, 0.2) is 9.59 Å². The molecule has 1 aliphatic rings. The Morgan fingerprint density at radius 3 is 2.59 bits per heavy atom. The Morgan fingerprint density at radius 2 is 2.04 bits per heavy atom. The number of aromatic nitrogens is 2. The number of nitrogens with one attached hydrogen (secondary N) is 2. The quantitative estimate of drug-likeness (QED) is 0.682. The van der Waals surface area contributed by atoms with E-state index in [9.17, 15) is 22.8 Å². The van der Waals surface area contributed by atoms with Gasteiger partial charge in [0.2, 0.25) is 0 Å². The Hall–Kier alpha value is -1.69. The van der Waals surface area contributed by atoms with Gasteiger partial charge in [-0.05, 0) is 26.0 Å². The van der Waals surface area contributed by atoms with Crippen molar-refractivity contribution >= 4 is 21.6 Å². The number of aryl methyl sites for hydroxylation is 1. The maximum Gasteiger partial charge on any atom is 0.393 e. The first-order valence-electron chi connectivity index (χ1n) is 8.44. The molecule has 1 saturated carbocycles. The zero-order valence-corrected chi connectivity index (χ0v) is 16.0. The highest BCUT2D eigenvalue weighted by Crippen LogP contribution is 2.52. The van der Waals surface area contributed by atoms with Gasteiger partial charge in [-0.2, -0.15) is 13.2 Å². The number of rotatable bonds is 7. The third-order valence-electron chi connectivity index (χ3n) is 4.80. The zero-order chi connectivity index (χ0) is 19.9. The van der Waals surface area contributed by atoms with Crippen molar-refractivity contribution in [2.45, 2.75) is 38.7 Å². The molecule has 0 spiro atoms. The van der Waals surface area contributed by atoms with Crippen LogP contribution < -0.4 is 22.1 Å². The van der Waals surface area contributed by atoms with Crippen LogP contribution in [0.3, 0.4) is 0 Å². The number of hydrogen-bond donors (Lipinski definition) is 2. The summed E-state index contributed by atoms with van der Waals surface area (Å²) in [6, 6.07) is -1.14. The summed E-state index contributed by atoms with van der Waals surface area (Å²) in [5.41, 5.74) is 5.03. The van der Waals surface area contributed by atoms with Crippen LogP contribution in [0.5, 0.6) is 0 Å². The van der Waals surface area contributed by atoms with Crippen molar-refractivity contribution in [3.05, 3.63) is 31.3 Å². The van der Waals surface area contributed by atoms with E-state index in [-0.39, 0.29) is 19.6 Å². The predicted molar refractivity (Wildman–Crippen MR) is 96.1 cm³/mol. The molecule has 11 heteroatoms. The highest BCUT2D eigenvalue weighted by atomic mass is 32.1. The summed E-state index contributed by atoms with van der Waals surface area (Å²) < 4.78 is 46.2. The van der Waals surface area contributed by atoms with Crippen LogP contribution in [0.25, 0.3) is 10.2 Å². The average molecular weight is 406 g/mol. The van der Waals surface area contributed by atoms with E-state index in [1.807, 2.05) is 0 Å². The van der Waals surface area contributed by atoms with Crippen LogP contribution in [-0.2, 0) is 17.8 Å². The smallest absolute Gasteiger partial charge is 0.383 e. The fourth-order valence-electron chi connectivity index (χ4n) is 3.24. The summed E-state index contributed by atoms with van der Waals surface area (Å²) in [6.07, 6.45) is -4.67. The number of ether oxygens (including phenoxy) is 1. The standard InChI is InChI=1S/C16H21F3N4O3S/c1-8-11(7-21-20-2)27-14-12(8)13(24)23(10-6-9(10)16(17,18)19)15(25)22(14)4-5-26-3/h9-10,20-21H,4-7H2,1-3H3. The summed E-state index contributed by atoms with van der Waals surface area (Å²) in [6.45, 7) is 2.54. The summed E-state index contributed by atoms with van der Waals surface area (Å²) in [7, 11) is 3.18. The third kappa shape index (κ3) is 3.56. The van der Waals surface area contributed by atoms with E-state index in [0.29, 0.717) is 22.3 Å². The minimum Gasteiger partial charge on any atom is -0.383 e. The second kappa shape index (κ2) is 7.38. The molecule has 2 unspecified atom stereocenters. The van der Waals surface area contributed by atoms with Gasteiger partial charge in [-0.1, -0.05) is 0 Å². The fourth-order valence-corrected chi connectivity index (χ4v) is 4.49. The van der Waals surface area contributed by atoms with Crippen molar-refractivity contribution < 1.29 is 17.9 Å². The number of thiophene rings is 1. The molecule has 0 radical (unpaired) electrons. The molecular formula is C16H21F3N4O3S. The molecule has 0 amide bonds. The molecule has 0 aliphatic heterocycles. The van der Waals surface area contributed by atoms with Crippen molar-refractivity contribution in [2.24, 2.45) is 5.92 Å². The average Bonchev–Trinajstić information content (AvgIpc) is 3.32. The normalized spacial score (nSPS) is 19.8. The Morgan fingerprint density at radius 1 is 1.33 bits per heavy atom. The highest BCUT2D eigenvalue weighted by Gasteiger charge is 2.57. The Bertz CT molecular complexity index is 963. The summed E-state index contributed by atoms with van der Waals surface area (Å²) in [5, 5.41) is 0.302. The summed E-state index contributed by atoms with van der Waals surface area (Å²) >= 11 is 1.29. The summed E-state index contributed by atoms with van der Waals surface area (Å²) in [4.78, 5) is 27.1. The van der Waals surface area contributed by atoms with Gasteiger partial charge in [-0.3, -0.25) is 24.8 Å². The number of fused-ring (bicyclic) bond motifs is 1. The lowest BCUT2D eigenvalue weighted by molar-refractivity contribution is -0.150. The van der Waals surface area contributed by atoms with Crippen molar-refractivity contribution in [1.82, 2.24) is 20.0 Å². The monoisotopic (exact) mass is 406 g/mol. The van der Waals surface area contributed by atoms with Gasteiger partial charge in [-0.15, -0.1) is 11.3 Å². The molecule has 2 aromatic rings. The van der Waals surface area contributed by atoms with Gasteiger partial charge in [0, 0.05) is 18.5 Å². The van der Waals surface area contributed by atoms with Crippen molar-refractivity contribution in [3.63, 3.8) is 0 Å². The minimum atomic E-state index is -4.42. The second-order valence-corrected chi connectivity index (χ2v) is 7.57. The molecule has 3 rings (SSSR count). The lowest BCUT2D eigenvalue weighted by Gasteiger charge is -2.12. The molecule has 0 bridgehead atoms. The van der Waals surface area contributed by atoms with E-state index in [1.165, 1.54) is 23.0 Å². The lowest BCUT2D eigenvalue weighted by atomic mass is 10.2. The Kier molecular flexibility index (Phi) is 5.48. The van der Waals surface area contributed by atoms with Crippen LogP contribution in [0.1, 0.15) is 22.9 Å². The maximum absolute atomic E-state index is 13.0. The SMILES string of the molecule is CNNCc1sc2c(c1C)c(=O)n(C1CC1C(F)(F)F)c(=O)n2CCOC. The molecule has 0 saturated heterocycles. The van der Waals surface area contributed by atoms with Crippen LogP contribution >= 0.6 is 11.3 Å². The molecule has 1 aliphatic carbocycles. The molecule has 150 valence electrons. The molecule has 0 aromatic carbocycles. The van der Waals surface area contributed by atoms with Crippen LogP contribution in [0, 0.1) is 12.8 Å². The van der Waals surface area contributed by atoms with Crippen LogP contribution in [0.2, 0.25) is 0 Å². The van der Waals surface area contributed by atoms with Gasteiger partial charge in [0.05, 0.1) is 30.5 Å². The van der Waals surface area contributed by atoms with E-state index in [0.717, 1.165) is 9.44 Å². The Labute approximate surface area is 156 Å². The lowest BCUT2D eigenvalue weighted by Crippen LogP contribution is -2.40. The van der Waals surface area contributed by atoms with Crippen molar-refractivity contribution in [1.29, 1.82) is 0 Å². The first-order valence-corrected chi connectivity index (χ1v) is 9.26. The number of methoxy groups -OCH3 is 1. The number of alkyl halides is 3. The number of nitrogens with zero attached hydrogens (tertiary/aromatic N) is 2. The largest absolute Gasteiger partial charge is 0.393 e. The van der Waals surface area contributed by atoms with Gasteiger partial charge in [0.15, 0.2) is 0 Å². The van der Waals surface area contributed by atoms with Crippen molar-refractivity contribution in [2.75, 3.05) is 20.8 Å². The number of hydrazine groups is 1. The molecular weight excluding hydrogens is 385 g/mol. The van der Waals surface area contributed by atoms with E-state index in [1.54, 1.807) is 14.0 Å². The van der Waals surface area contributed by atoms with Gasteiger partial charge in [0.25, 0.3) is 5.56 Å². The molecule has 1 fully saturated rings. The molecule has 2 atom stereocenters. The predicted octanol–water partition coefficient (Wildman–Crippen LogP) is 1.53. The minimum absolute atomic E-state index is 0.161. The first-order chi connectivity index (χ1) is 12.7. The van der Waals surface area contributed by atoms with E-state index < -0.39 is 29.4 Å². The molecule has 2 heterocycles. The maximum atomic E-state index is 13.0. The van der Waals surface area contributed by atoms with E-state index >= 15 is 0 Å². The van der Waals surface area contributed by atoms with Gasteiger partial charge in [-0.25, -0.2) is 4.79 Å². The fraction of sp³-hybridized carbons (Fsp3) is 0.625. The second-order valence-electron chi connectivity index (χ2n) is 6.49. The molecule has 27 heavy (non-hydrogen) atoms. The number of halogens is 3. The molecule has 2 N–H and O–H groups in total. The summed E-state index contributed by atoms with van der Waals surface area (Å²) in [5.74, 6) is -1.65. The molecule has 7 nitrogen and oxygen atoms in total. The van der Waals surface area contributed by atoms with E-state index in [2.05, 4.69) is 10.9 Å². The van der Waals surface area contributed by atoms with E-state index in [4.69, 9.17) is 4.74 Å². The van der Waals surface area contributed by atoms with Crippen molar-refractivity contribution in [3.8, 4) is 0 Å². The van der Waals surface area contributed by atoms with Gasteiger partial charge >= 0.3 is 11.9 Å². The van der Waals surface area contributed by atoms with Gasteiger partial charge in [0.1, 0.15) is 4.83 Å². The zero-order valence-electron chi connectivity index (χ0n) is 15.1.